The Morgan fingerprint density at radius 3 is 1.54 bits per heavy atom. The Hall–Kier alpha value is -6.33. The molecule has 0 aliphatic heterocycles. The van der Waals surface area contributed by atoms with Crippen LogP contribution in [0.15, 0.2) is 134 Å². The largest absolute Gasteiger partial charge is 0.457 e. The van der Waals surface area contributed by atoms with E-state index in [4.69, 9.17) is 9.72 Å². The lowest BCUT2D eigenvalue weighted by Crippen LogP contribution is -2.17. The SMILES string of the molecule is CN(c1cc(Oc2ccc3c4ccc(C(C)(C)C)cc4n(-c4cc(C(C)(C)C)ccn4)c3c2)cc(C(C)(C)C)c1)c1ccccc1Nc1cc(-c2cc(C(C)(C)C)cc(C(C)(C)C)c2)cc(C(C)(C)C)c1. The van der Waals surface area contributed by atoms with Crippen molar-refractivity contribution in [2.45, 2.75) is 157 Å². The number of anilines is 4. The molecule has 370 valence electrons. The van der Waals surface area contributed by atoms with Gasteiger partial charge in [-0.1, -0.05) is 173 Å². The fourth-order valence-electron chi connectivity index (χ4n) is 9.31. The molecule has 2 heterocycles. The monoisotopic (exact) mass is 945 g/mol. The van der Waals surface area contributed by atoms with Crippen LogP contribution in [0.5, 0.6) is 11.5 Å². The molecule has 0 radical (unpaired) electrons. The van der Waals surface area contributed by atoms with Crippen molar-refractivity contribution in [3.05, 3.63) is 167 Å². The average Bonchev–Trinajstić information content (AvgIpc) is 3.60. The van der Waals surface area contributed by atoms with Gasteiger partial charge in [-0.25, -0.2) is 4.98 Å². The molecule has 0 spiro atoms. The molecule has 0 fully saturated rings. The first-order valence-corrected chi connectivity index (χ1v) is 25.7. The molecule has 0 aliphatic rings. The fourth-order valence-corrected chi connectivity index (χ4v) is 9.31. The molecule has 0 amide bonds. The average molecular weight is 945 g/mol. The molecule has 6 aromatic carbocycles. The van der Waals surface area contributed by atoms with Gasteiger partial charge in [-0.05, 0) is 144 Å². The predicted molar refractivity (Wildman–Crippen MR) is 307 cm³/mol. The summed E-state index contributed by atoms with van der Waals surface area (Å²) in [6, 6.07) is 47.3. The third kappa shape index (κ3) is 11.0. The van der Waals surface area contributed by atoms with E-state index in [2.05, 4.69) is 274 Å². The van der Waals surface area contributed by atoms with Gasteiger partial charge in [0.2, 0.25) is 0 Å². The zero-order valence-corrected chi connectivity index (χ0v) is 46.5. The standard InChI is InChI=1S/C66H80N4O/c1-61(2,3)44-24-26-54-55-27-25-52(41-59(55)70(58(54)38-44)60-39-45(28-29-67-60)62(4,5)6)71-53-37-49(66(16,17)18)36-51(40-53)69(19)57-23-21-20-22-56(57)68-50-33-43(32-48(35-50)65(13,14)15)42-30-46(63(7,8)9)34-47(31-42)64(10,11)12/h20-41,68H,1-19H3. The van der Waals surface area contributed by atoms with E-state index in [1.807, 2.05) is 6.20 Å². The maximum Gasteiger partial charge on any atom is 0.137 e. The normalized spacial score (nSPS) is 13.0. The van der Waals surface area contributed by atoms with Crippen molar-refractivity contribution in [2.75, 3.05) is 17.3 Å². The van der Waals surface area contributed by atoms with E-state index < -0.39 is 0 Å². The van der Waals surface area contributed by atoms with Crippen molar-refractivity contribution in [3.8, 4) is 28.4 Å². The molecular formula is C66H80N4O. The molecule has 5 heteroatoms. The van der Waals surface area contributed by atoms with Gasteiger partial charge >= 0.3 is 0 Å². The van der Waals surface area contributed by atoms with Gasteiger partial charge in [0.1, 0.15) is 17.3 Å². The van der Waals surface area contributed by atoms with Crippen molar-refractivity contribution >= 4 is 44.6 Å². The molecule has 0 unspecified atom stereocenters. The third-order valence-corrected chi connectivity index (χ3v) is 14.2. The Kier molecular flexibility index (Phi) is 13.0. The van der Waals surface area contributed by atoms with Crippen molar-refractivity contribution in [1.29, 1.82) is 0 Å². The third-order valence-electron chi connectivity index (χ3n) is 14.2. The van der Waals surface area contributed by atoms with Crippen molar-refractivity contribution in [2.24, 2.45) is 0 Å². The highest BCUT2D eigenvalue weighted by Gasteiger charge is 2.25. The Bertz CT molecular complexity index is 3240. The number of para-hydroxylation sites is 2. The van der Waals surface area contributed by atoms with Gasteiger partial charge in [-0.15, -0.1) is 0 Å². The highest BCUT2D eigenvalue weighted by Crippen LogP contribution is 2.43. The molecule has 0 saturated carbocycles. The number of fused-ring (bicyclic) bond motifs is 3. The number of aromatic nitrogens is 2. The summed E-state index contributed by atoms with van der Waals surface area (Å²) in [4.78, 5) is 7.28. The molecule has 8 aromatic rings. The summed E-state index contributed by atoms with van der Waals surface area (Å²) < 4.78 is 9.32. The van der Waals surface area contributed by atoms with Gasteiger partial charge in [0.05, 0.1) is 22.4 Å². The maximum absolute atomic E-state index is 7.00. The minimum absolute atomic E-state index is 0.0132. The predicted octanol–water partition coefficient (Wildman–Crippen LogP) is 18.9. The Labute approximate surface area is 426 Å². The van der Waals surface area contributed by atoms with E-state index in [0.29, 0.717) is 0 Å². The lowest BCUT2D eigenvalue weighted by Gasteiger charge is -2.28. The summed E-state index contributed by atoms with van der Waals surface area (Å²) in [6.07, 6.45) is 1.95. The summed E-state index contributed by atoms with van der Waals surface area (Å²) in [6.45, 7) is 41.1. The van der Waals surface area contributed by atoms with Gasteiger partial charge < -0.3 is 15.0 Å². The van der Waals surface area contributed by atoms with Crippen LogP contribution in [-0.4, -0.2) is 16.6 Å². The number of hydrogen-bond donors (Lipinski definition) is 1. The number of nitrogens with zero attached hydrogens (tertiary/aromatic N) is 3. The van der Waals surface area contributed by atoms with E-state index in [0.717, 1.165) is 56.5 Å². The van der Waals surface area contributed by atoms with Crippen LogP contribution in [-0.2, 0) is 32.5 Å². The maximum atomic E-state index is 7.00. The minimum Gasteiger partial charge on any atom is -0.457 e. The molecule has 5 nitrogen and oxygen atoms in total. The number of rotatable bonds is 8. The first kappa shape index (κ1) is 51.0. The van der Waals surface area contributed by atoms with E-state index in [1.54, 1.807) is 0 Å². The van der Waals surface area contributed by atoms with Crippen molar-refractivity contribution in [1.82, 2.24) is 9.55 Å². The smallest absolute Gasteiger partial charge is 0.137 e. The van der Waals surface area contributed by atoms with Crippen molar-refractivity contribution in [3.63, 3.8) is 0 Å². The molecule has 0 aliphatic carbocycles. The first-order valence-electron chi connectivity index (χ1n) is 25.7. The summed E-state index contributed by atoms with van der Waals surface area (Å²) in [7, 11) is 2.16. The van der Waals surface area contributed by atoms with Crippen LogP contribution in [0, 0.1) is 0 Å². The van der Waals surface area contributed by atoms with E-state index >= 15 is 0 Å². The first-order chi connectivity index (χ1) is 32.8. The number of benzene rings is 6. The highest BCUT2D eigenvalue weighted by molar-refractivity contribution is 6.09. The zero-order chi connectivity index (χ0) is 51.8. The molecule has 8 rings (SSSR count). The number of ether oxygens (including phenoxy) is 1. The number of pyridine rings is 1. The second kappa shape index (κ2) is 18.1. The van der Waals surface area contributed by atoms with Gasteiger partial charge in [-0.2, -0.15) is 0 Å². The number of nitrogens with one attached hydrogen (secondary N) is 1. The Morgan fingerprint density at radius 1 is 0.437 bits per heavy atom. The molecule has 0 atom stereocenters. The van der Waals surface area contributed by atoms with Crippen LogP contribution < -0.4 is 15.0 Å². The summed E-state index contributed by atoms with van der Waals surface area (Å²) in [5, 5.41) is 6.28. The van der Waals surface area contributed by atoms with E-state index in [9.17, 15) is 0 Å². The van der Waals surface area contributed by atoms with Gasteiger partial charge in [0.15, 0.2) is 0 Å². The van der Waals surface area contributed by atoms with Crippen molar-refractivity contribution < 1.29 is 4.74 Å². The highest BCUT2D eigenvalue weighted by atomic mass is 16.5. The van der Waals surface area contributed by atoms with Crippen LogP contribution in [0.25, 0.3) is 38.8 Å². The topological polar surface area (TPSA) is 42.3 Å². The quantitative estimate of drug-likeness (QED) is 0.165. The fraction of sp³-hybridized carbons (Fsp3) is 0.379. The lowest BCUT2D eigenvalue weighted by molar-refractivity contribution is 0.479. The molecule has 0 bridgehead atoms. The molecule has 1 N–H and O–H groups in total. The van der Waals surface area contributed by atoms with Crippen LogP contribution >= 0.6 is 0 Å². The van der Waals surface area contributed by atoms with Gasteiger partial charge in [0, 0.05) is 47.5 Å². The summed E-state index contributed by atoms with van der Waals surface area (Å²) >= 11 is 0. The second-order valence-electron chi connectivity index (χ2n) is 26.3. The van der Waals surface area contributed by atoms with E-state index in [1.165, 1.54) is 49.9 Å². The van der Waals surface area contributed by atoms with Crippen LogP contribution in [0.2, 0.25) is 0 Å². The zero-order valence-electron chi connectivity index (χ0n) is 46.5. The summed E-state index contributed by atoms with van der Waals surface area (Å²) in [5.41, 5.74) is 16.3. The second-order valence-corrected chi connectivity index (χ2v) is 26.3. The van der Waals surface area contributed by atoms with Crippen LogP contribution in [0.4, 0.5) is 22.7 Å². The summed E-state index contributed by atoms with van der Waals surface area (Å²) in [5.74, 6) is 2.45. The molecule has 71 heavy (non-hydrogen) atoms. The molecular weight excluding hydrogens is 865 g/mol. The van der Waals surface area contributed by atoms with Gasteiger partial charge in [0.25, 0.3) is 0 Å². The van der Waals surface area contributed by atoms with Crippen LogP contribution in [0.3, 0.4) is 0 Å². The van der Waals surface area contributed by atoms with Crippen LogP contribution in [0.1, 0.15) is 158 Å². The minimum atomic E-state index is -0.140. The molecule has 0 saturated heterocycles. The Balaban J connectivity index is 1.20. The van der Waals surface area contributed by atoms with Gasteiger partial charge in [-0.3, -0.25) is 4.57 Å². The lowest BCUT2D eigenvalue weighted by atomic mass is 9.78. The van der Waals surface area contributed by atoms with E-state index in [-0.39, 0.29) is 32.5 Å². The number of hydrogen-bond acceptors (Lipinski definition) is 4. The Morgan fingerprint density at radius 2 is 0.944 bits per heavy atom. The molecule has 2 aromatic heterocycles.